The number of pyridine rings is 1. The lowest BCUT2D eigenvalue weighted by Crippen LogP contribution is -2.17. The summed E-state index contributed by atoms with van der Waals surface area (Å²) in [6.07, 6.45) is 3.34. The van der Waals surface area contributed by atoms with Crippen molar-refractivity contribution in [3.05, 3.63) is 23.6 Å². The van der Waals surface area contributed by atoms with E-state index in [-0.39, 0.29) is 11.9 Å². The molecule has 1 N–H and O–H groups in total. The van der Waals surface area contributed by atoms with Crippen LogP contribution in [0.3, 0.4) is 0 Å². The second-order valence-electron chi connectivity index (χ2n) is 4.12. The zero-order valence-electron chi connectivity index (χ0n) is 10.8. The Kier molecular flexibility index (Phi) is 5.91. The van der Waals surface area contributed by atoms with Gasteiger partial charge in [0.15, 0.2) is 0 Å². The van der Waals surface area contributed by atoms with Crippen LogP contribution in [-0.4, -0.2) is 17.6 Å². The van der Waals surface area contributed by atoms with E-state index >= 15 is 0 Å². The van der Waals surface area contributed by atoms with E-state index in [4.69, 9.17) is 4.74 Å². The lowest BCUT2D eigenvalue weighted by molar-refractivity contribution is 0.198. The molecular formula is C13H21FN2O. The molecule has 0 aliphatic heterocycles. The van der Waals surface area contributed by atoms with Crippen LogP contribution in [0, 0.1) is 5.82 Å². The average molecular weight is 240 g/mol. The Labute approximate surface area is 102 Å². The lowest BCUT2D eigenvalue weighted by Gasteiger charge is -2.16. The summed E-state index contributed by atoms with van der Waals surface area (Å²) in [5.41, 5.74) is 0.773. The molecule has 1 aromatic rings. The molecule has 0 amide bonds. The summed E-state index contributed by atoms with van der Waals surface area (Å²) in [6.45, 7) is 7.53. The Morgan fingerprint density at radius 3 is 2.88 bits per heavy atom. The van der Waals surface area contributed by atoms with Crippen LogP contribution in [0.1, 0.15) is 39.2 Å². The van der Waals surface area contributed by atoms with Gasteiger partial charge in [-0.15, -0.1) is 0 Å². The minimum Gasteiger partial charge on any atom is -0.474 e. The fourth-order valence-corrected chi connectivity index (χ4v) is 1.62. The summed E-state index contributed by atoms with van der Waals surface area (Å²) in [4.78, 5) is 4.02. The van der Waals surface area contributed by atoms with E-state index in [0.717, 1.165) is 24.9 Å². The van der Waals surface area contributed by atoms with E-state index in [1.807, 2.05) is 13.8 Å². The van der Waals surface area contributed by atoms with Gasteiger partial charge in [0.2, 0.25) is 5.88 Å². The summed E-state index contributed by atoms with van der Waals surface area (Å²) >= 11 is 0. The maximum atomic E-state index is 13.1. The smallest absolute Gasteiger partial charge is 0.218 e. The first kappa shape index (κ1) is 13.9. The van der Waals surface area contributed by atoms with Crippen molar-refractivity contribution in [2.45, 2.75) is 46.3 Å². The van der Waals surface area contributed by atoms with Crippen molar-refractivity contribution >= 4 is 0 Å². The fraction of sp³-hybridized carbons (Fsp3) is 0.615. The van der Waals surface area contributed by atoms with Gasteiger partial charge in [0.25, 0.3) is 0 Å². The third-order valence-electron chi connectivity index (χ3n) is 2.47. The highest BCUT2D eigenvalue weighted by atomic mass is 19.1. The molecule has 0 aliphatic carbocycles. The van der Waals surface area contributed by atoms with E-state index in [0.29, 0.717) is 12.4 Å². The maximum absolute atomic E-state index is 13.1. The van der Waals surface area contributed by atoms with Gasteiger partial charge in [0, 0.05) is 12.1 Å². The van der Waals surface area contributed by atoms with Gasteiger partial charge in [-0.1, -0.05) is 20.3 Å². The highest BCUT2D eigenvalue weighted by Gasteiger charge is 2.10. The number of hydrogen-bond acceptors (Lipinski definition) is 3. The number of ether oxygens (including phenoxy) is 1. The highest BCUT2D eigenvalue weighted by Crippen LogP contribution is 2.18. The van der Waals surface area contributed by atoms with Crippen LogP contribution >= 0.6 is 0 Å². The molecule has 1 heterocycles. The molecule has 4 heteroatoms. The van der Waals surface area contributed by atoms with Gasteiger partial charge in [-0.3, -0.25) is 0 Å². The van der Waals surface area contributed by atoms with Crippen molar-refractivity contribution in [1.82, 2.24) is 10.3 Å². The molecule has 0 radical (unpaired) electrons. The molecule has 1 rings (SSSR count). The summed E-state index contributed by atoms with van der Waals surface area (Å²) < 4.78 is 18.8. The van der Waals surface area contributed by atoms with Crippen molar-refractivity contribution in [2.24, 2.45) is 0 Å². The molecule has 0 bridgehead atoms. The molecule has 0 saturated carbocycles. The number of aromatic nitrogens is 1. The van der Waals surface area contributed by atoms with Gasteiger partial charge >= 0.3 is 0 Å². The van der Waals surface area contributed by atoms with Gasteiger partial charge in [0.1, 0.15) is 5.82 Å². The lowest BCUT2D eigenvalue weighted by atomic mass is 10.2. The second-order valence-corrected chi connectivity index (χ2v) is 4.12. The Balaban J connectivity index is 2.74. The Hall–Kier alpha value is -1.16. The third kappa shape index (κ3) is 4.69. The topological polar surface area (TPSA) is 34.1 Å². The van der Waals surface area contributed by atoms with E-state index < -0.39 is 0 Å². The molecule has 3 nitrogen and oxygen atoms in total. The molecule has 0 fully saturated rings. The second kappa shape index (κ2) is 7.22. The number of hydrogen-bond donors (Lipinski definition) is 1. The Morgan fingerprint density at radius 1 is 1.47 bits per heavy atom. The molecule has 0 spiro atoms. The van der Waals surface area contributed by atoms with Gasteiger partial charge < -0.3 is 10.1 Å². The standard InChI is InChI=1S/C13H21FN2O/c1-4-6-10(3)17-13-11(8-15-5-2)7-12(14)9-16-13/h7,9-10,15H,4-6,8H2,1-3H3. The summed E-state index contributed by atoms with van der Waals surface area (Å²) in [5, 5.41) is 3.15. The quantitative estimate of drug-likeness (QED) is 0.795. The molecule has 17 heavy (non-hydrogen) atoms. The first-order chi connectivity index (χ1) is 8.17. The molecule has 1 aromatic heterocycles. The molecule has 0 saturated heterocycles. The molecule has 0 aliphatic rings. The highest BCUT2D eigenvalue weighted by molar-refractivity contribution is 5.26. The Morgan fingerprint density at radius 2 is 2.24 bits per heavy atom. The van der Waals surface area contributed by atoms with Gasteiger partial charge in [-0.25, -0.2) is 9.37 Å². The van der Waals surface area contributed by atoms with Crippen molar-refractivity contribution in [1.29, 1.82) is 0 Å². The van der Waals surface area contributed by atoms with E-state index in [1.165, 1.54) is 12.3 Å². The summed E-state index contributed by atoms with van der Waals surface area (Å²) in [6, 6.07) is 1.48. The van der Waals surface area contributed by atoms with Crippen LogP contribution in [0.4, 0.5) is 4.39 Å². The predicted molar refractivity (Wildman–Crippen MR) is 66.6 cm³/mol. The Bertz CT molecular complexity index is 344. The van der Waals surface area contributed by atoms with E-state index in [9.17, 15) is 4.39 Å². The van der Waals surface area contributed by atoms with Gasteiger partial charge in [0.05, 0.1) is 12.3 Å². The summed E-state index contributed by atoms with van der Waals surface area (Å²) in [7, 11) is 0. The van der Waals surface area contributed by atoms with E-state index in [1.54, 1.807) is 0 Å². The first-order valence-corrected chi connectivity index (χ1v) is 6.19. The van der Waals surface area contributed by atoms with Crippen LogP contribution < -0.4 is 10.1 Å². The van der Waals surface area contributed by atoms with Crippen molar-refractivity contribution < 1.29 is 9.13 Å². The monoisotopic (exact) mass is 240 g/mol. The number of halogens is 1. The first-order valence-electron chi connectivity index (χ1n) is 6.19. The third-order valence-corrected chi connectivity index (χ3v) is 2.47. The predicted octanol–water partition coefficient (Wildman–Crippen LogP) is 2.90. The maximum Gasteiger partial charge on any atom is 0.218 e. The van der Waals surface area contributed by atoms with Crippen molar-refractivity contribution in [3.63, 3.8) is 0 Å². The van der Waals surface area contributed by atoms with Crippen LogP contribution in [0.15, 0.2) is 12.3 Å². The number of nitrogens with one attached hydrogen (secondary N) is 1. The normalized spacial score (nSPS) is 12.5. The number of nitrogens with zero attached hydrogens (tertiary/aromatic N) is 1. The number of rotatable bonds is 7. The minimum absolute atomic E-state index is 0.110. The average Bonchev–Trinajstić information content (AvgIpc) is 2.30. The van der Waals surface area contributed by atoms with Gasteiger partial charge in [-0.2, -0.15) is 0 Å². The molecule has 1 unspecified atom stereocenters. The van der Waals surface area contributed by atoms with Crippen LogP contribution in [-0.2, 0) is 6.54 Å². The zero-order chi connectivity index (χ0) is 12.7. The molecule has 1 atom stereocenters. The largest absolute Gasteiger partial charge is 0.474 e. The van der Waals surface area contributed by atoms with Gasteiger partial charge in [-0.05, 0) is 26.0 Å². The summed E-state index contributed by atoms with van der Waals surface area (Å²) in [5.74, 6) is 0.210. The van der Waals surface area contributed by atoms with Crippen LogP contribution in [0.2, 0.25) is 0 Å². The van der Waals surface area contributed by atoms with Crippen LogP contribution in [0.25, 0.3) is 0 Å². The fourth-order valence-electron chi connectivity index (χ4n) is 1.62. The molecule has 0 aromatic carbocycles. The SMILES string of the molecule is CCCC(C)Oc1ncc(F)cc1CNCC. The van der Waals surface area contributed by atoms with E-state index in [2.05, 4.69) is 17.2 Å². The minimum atomic E-state index is -0.326. The van der Waals surface area contributed by atoms with Crippen molar-refractivity contribution in [2.75, 3.05) is 6.54 Å². The molecule has 96 valence electrons. The van der Waals surface area contributed by atoms with Crippen LogP contribution in [0.5, 0.6) is 5.88 Å². The zero-order valence-corrected chi connectivity index (χ0v) is 10.8. The van der Waals surface area contributed by atoms with Crippen molar-refractivity contribution in [3.8, 4) is 5.88 Å². The molecular weight excluding hydrogens is 219 g/mol.